The van der Waals surface area contributed by atoms with Gasteiger partial charge in [-0.15, -0.1) is 11.3 Å². The van der Waals surface area contributed by atoms with Gasteiger partial charge in [0.05, 0.1) is 6.04 Å². The van der Waals surface area contributed by atoms with Crippen LogP contribution < -0.4 is 5.32 Å². The maximum atomic E-state index is 11.7. The van der Waals surface area contributed by atoms with E-state index in [1.807, 2.05) is 17.4 Å². The van der Waals surface area contributed by atoms with E-state index in [0.717, 1.165) is 12.0 Å². The molecule has 3 unspecified atom stereocenters. The molecule has 2 nitrogen and oxygen atoms in total. The van der Waals surface area contributed by atoms with Crippen molar-refractivity contribution in [1.29, 1.82) is 0 Å². The van der Waals surface area contributed by atoms with Gasteiger partial charge in [-0.2, -0.15) is 0 Å². The third kappa shape index (κ3) is 2.12. The average molecular weight is 309 g/mol. The highest BCUT2D eigenvalue weighted by Gasteiger charge is 2.38. The number of benzene rings is 1. The zero-order chi connectivity index (χ0) is 15.3. The molecule has 2 heterocycles. The van der Waals surface area contributed by atoms with Gasteiger partial charge in [0.2, 0.25) is 0 Å². The van der Waals surface area contributed by atoms with Gasteiger partial charge in [-0.1, -0.05) is 12.2 Å². The van der Waals surface area contributed by atoms with E-state index in [1.54, 1.807) is 6.92 Å². The molecule has 0 amide bonds. The van der Waals surface area contributed by atoms with Gasteiger partial charge in [0, 0.05) is 26.9 Å². The number of aryl methyl sites for hydroxylation is 1. The Morgan fingerprint density at radius 3 is 2.86 bits per heavy atom. The second kappa shape index (κ2) is 5.10. The Kier molecular flexibility index (Phi) is 3.19. The molecule has 22 heavy (non-hydrogen) atoms. The molecular weight excluding hydrogens is 290 g/mol. The van der Waals surface area contributed by atoms with Crippen LogP contribution in [0.2, 0.25) is 0 Å². The smallest absolute Gasteiger partial charge is 0.159 e. The number of nitrogens with one attached hydrogen (secondary N) is 1. The maximum Gasteiger partial charge on any atom is 0.159 e. The lowest BCUT2D eigenvalue weighted by Crippen LogP contribution is -2.28. The van der Waals surface area contributed by atoms with E-state index >= 15 is 0 Å². The van der Waals surface area contributed by atoms with Gasteiger partial charge in [0.1, 0.15) is 0 Å². The van der Waals surface area contributed by atoms with Crippen LogP contribution in [0.5, 0.6) is 0 Å². The van der Waals surface area contributed by atoms with Crippen LogP contribution in [0.1, 0.15) is 51.0 Å². The summed E-state index contributed by atoms with van der Waals surface area (Å²) in [6.45, 7) is 3.80. The number of anilines is 1. The van der Waals surface area contributed by atoms with E-state index < -0.39 is 0 Å². The van der Waals surface area contributed by atoms with E-state index in [-0.39, 0.29) is 5.78 Å². The Labute approximate surface area is 134 Å². The maximum absolute atomic E-state index is 11.7. The predicted octanol–water partition coefficient (Wildman–Crippen LogP) is 5.09. The van der Waals surface area contributed by atoms with Gasteiger partial charge in [0.25, 0.3) is 0 Å². The molecule has 0 bridgehead atoms. The Morgan fingerprint density at radius 1 is 1.27 bits per heavy atom. The molecule has 1 N–H and O–H groups in total. The van der Waals surface area contributed by atoms with Crippen molar-refractivity contribution in [3.8, 4) is 0 Å². The second-order valence-corrected chi connectivity index (χ2v) is 7.60. The lowest BCUT2D eigenvalue weighted by molar-refractivity contribution is 0.101. The molecule has 0 spiro atoms. The van der Waals surface area contributed by atoms with Crippen LogP contribution in [-0.2, 0) is 0 Å². The number of allylic oxidation sites excluding steroid dienone is 2. The van der Waals surface area contributed by atoms with Crippen LogP contribution in [-0.4, -0.2) is 5.78 Å². The summed E-state index contributed by atoms with van der Waals surface area (Å²) in [6, 6.07) is 10.9. The Hall–Kier alpha value is -1.87. The van der Waals surface area contributed by atoms with Gasteiger partial charge < -0.3 is 5.32 Å². The minimum atomic E-state index is 0.136. The molecular formula is C19H19NOS. The van der Waals surface area contributed by atoms with E-state index in [9.17, 15) is 4.79 Å². The summed E-state index contributed by atoms with van der Waals surface area (Å²) in [6.07, 6.45) is 5.71. The minimum absolute atomic E-state index is 0.136. The Bertz CT molecular complexity index is 773. The standard InChI is InChI=1S/C19H19NOS/c1-11-6-9-18(22-11)19-15-5-3-4-14(15)16-10-13(12(2)21)7-8-17(16)20-19/h3-4,6-10,14-15,19-20H,5H2,1-2H3. The first-order chi connectivity index (χ1) is 10.6. The fourth-order valence-corrected chi connectivity index (χ4v) is 4.72. The lowest BCUT2D eigenvalue weighted by atomic mass is 9.78. The fourth-order valence-electron chi connectivity index (χ4n) is 3.72. The molecule has 1 aliphatic heterocycles. The highest BCUT2D eigenvalue weighted by atomic mass is 32.1. The molecule has 0 fully saturated rings. The summed E-state index contributed by atoms with van der Waals surface area (Å²) < 4.78 is 0. The normalized spacial score (nSPS) is 25.5. The van der Waals surface area contributed by atoms with E-state index in [4.69, 9.17) is 0 Å². The van der Waals surface area contributed by atoms with Crippen molar-refractivity contribution in [2.24, 2.45) is 5.92 Å². The summed E-state index contributed by atoms with van der Waals surface area (Å²) in [4.78, 5) is 14.4. The summed E-state index contributed by atoms with van der Waals surface area (Å²) in [7, 11) is 0. The molecule has 3 atom stereocenters. The van der Waals surface area contributed by atoms with E-state index in [1.165, 1.54) is 21.0 Å². The van der Waals surface area contributed by atoms with Crippen LogP contribution in [0, 0.1) is 12.8 Å². The summed E-state index contributed by atoms with van der Waals surface area (Å²) in [5, 5.41) is 3.72. The molecule has 4 rings (SSSR count). The highest BCUT2D eigenvalue weighted by Crippen LogP contribution is 2.50. The monoisotopic (exact) mass is 309 g/mol. The van der Waals surface area contributed by atoms with Gasteiger partial charge in [-0.3, -0.25) is 4.79 Å². The number of hydrogen-bond donors (Lipinski definition) is 1. The number of carbonyl (C=O) groups excluding carboxylic acids is 1. The van der Waals surface area contributed by atoms with Crippen LogP contribution in [0.4, 0.5) is 5.69 Å². The second-order valence-electron chi connectivity index (χ2n) is 6.28. The van der Waals surface area contributed by atoms with Crippen LogP contribution >= 0.6 is 11.3 Å². The number of fused-ring (bicyclic) bond motifs is 3. The molecule has 3 heteroatoms. The van der Waals surface area contributed by atoms with E-state index in [0.29, 0.717) is 17.9 Å². The molecule has 1 aromatic heterocycles. The van der Waals surface area contributed by atoms with Crippen LogP contribution in [0.15, 0.2) is 42.5 Å². The third-order valence-electron chi connectivity index (χ3n) is 4.84. The molecule has 1 aromatic carbocycles. The first-order valence-electron chi connectivity index (χ1n) is 7.78. The largest absolute Gasteiger partial charge is 0.377 e. The molecule has 2 aromatic rings. The van der Waals surface area contributed by atoms with Crippen LogP contribution in [0.3, 0.4) is 0 Å². The highest BCUT2D eigenvalue weighted by molar-refractivity contribution is 7.12. The minimum Gasteiger partial charge on any atom is -0.377 e. The van der Waals surface area contributed by atoms with Gasteiger partial charge >= 0.3 is 0 Å². The van der Waals surface area contributed by atoms with Gasteiger partial charge in [-0.05, 0) is 62.1 Å². The van der Waals surface area contributed by atoms with Crippen LogP contribution in [0.25, 0.3) is 0 Å². The molecule has 0 saturated heterocycles. The van der Waals surface area contributed by atoms with Crippen molar-refractivity contribution in [2.75, 3.05) is 5.32 Å². The third-order valence-corrected chi connectivity index (χ3v) is 5.92. The Balaban J connectivity index is 1.78. The molecule has 0 saturated carbocycles. The number of thiophene rings is 1. The van der Waals surface area contributed by atoms with Crippen molar-refractivity contribution in [1.82, 2.24) is 0 Å². The SMILES string of the molecule is CC(=O)c1ccc2c(c1)C1C=CCC1C(c1ccc(C)s1)N2. The lowest BCUT2D eigenvalue weighted by Gasteiger charge is -2.37. The van der Waals surface area contributed by atoms with Crippen molar-refractivity contribution in [3.05, 3.63) is 63.4 Å². The van der Waals surface area contributed by atoms with E-state index in [2.05, 4.69) is 48.7 Å². The fraction of sp³-hybridized carbons (Fsp3) is 0.316. The number of ketones is 1. The predicted molar refractivity (Wildman–Crippen MR) is 91.9 cm³/mol. The van der Waals surface area contributed by atoms with Gasteiger partial charge in [0.15, 0.2) is 5.78 Å². The molecule has 112 valence electrons. The first kappa shape index (κ1) is 13.8. The average Bonchev–Trinajstić information content (AvgIpc) is 3.14. The molecule has 2 aliphatic rings. The van der Waals surface area contributed by atoms with Crippen molar-refractivity contribution >= 4 is 22.8 Å². The molecule has 0 radical (unpaired) electrons. The molecule has 1 aliphatic carbocycles. The first-order valence-corrected chi connectivity index (χ1v) is 8.59. The summed E-state index contributed by atoms with van der Waals surface area (Å²) in [5.74, 6) is 1.10. The summed E-state index contributed by atoms with van der Waals surface area (Å²) in [5.41, 5.74) is 3.26. The zero-order valence-corrected chi connectivity index (χ0v) is 13.6. The number of hydrogen-bond acceptors (Lipinski definition) is 3. The Morgan fingerprint density at radius 2 is 2.14 bits per heavy atom. The number of carbonyl (C=O) groups is 1. The topological polar surface area (TPSA) is 29.1 Å². The van der Waals surface area contributed by atoms with Gasteiger partial charge in [-0.25, -0.2) is 0 Å². The number of rotatable bonds is 2. The number of Topliss-reactive ketones (excluding diaryl/α,β-unsaturated/α-hetero) is 1. The summed E-state index contributed by atoms with van der Waals surface area (Å²) >= 11 is 1.88. The van der Waals surface area contributed by atoms with Crippen molar-refractivity contribution < 1.29 is 4.79 Å². The van der Waals surface area contributed by atoms with Crippen molar-refractivity contribution in [3.63, 3.8) is 0 Å². The quantitative estimate of drug-likeness (QED) is 0.618. The zero-order valence-electron chi connectivity index (χ0n) is 12.8. The van der Waals surface area contributed by atoms with Crippen molar-refractivity contribution in [2.45, 2.75) is 32.2 Å².